The Hall–Kier alpha value is -3.59. The van der Waals surface area contributed by atoms with Gasteiger partial charge in [-0.15, -0.1) is 0 Å². The number of halogens is 2. The molecule has 2 N–H and O–H groups in total. The monoisotopic (exact) mass is 485 g/mol. The molecule has 0 aromatic heterocycles. The zero-order valence-corrected chi connectivity index (χ0v) is 19.7. The molecule has 7 nitrogen and oxygen atoms in total. The molecule has 2 aromatic rings. The minimum Gasteiger partial charge on any atom is -0.383 e. The Bertz CT molecular complexity index is 1060. The molecule has 1 unspecified atom stereocenters. The van der Waals surface area contributed by atoms with Crippen molar-refractivity contribution in [2.45, 2.75) is 37.9 Å². The van der Waals surface area contributed by atoms with Crippen molar-refractivity contribution in [3.63, 3.8) is 0 Å². The first-order chi connectivity index (χ1) is 16.8. The van der Waals surface area contributed by atoms with Gasteiger partial charge in [-0.05, 0) is 36.6 Å². The third-order valence-corrected chi connectivity index (χ3v) is 5.66. The molecular formula is C26H29F2N3O4. The van der Waals surface area contributed by atoms with Crippen molar-refractivity contribution in [1.29, 1.82) is 0 Å². The summed E-state index contributed by atoms with van der Waals surface area (Å²) in [5, 5.41) is 5.23. The average molecular weight is 486 g/mol. The second kappa shape index (κ2) is 12.2. The van der Waals surface area contributed by atoms with Gasteiger partial charge in [0.05, 0.1) is 19.1 Å². The predicted octanol–water partition coefficient (Wildman–Crippen LogP) is 2.67. The molecule has 0 saturated carbocycles. The smallest absolute Gasteiger partial charge is 0.246 e. The molecule has 2 aromatic carbocycles. The quantitative estimate of drug-likeness (QED) is 0.535. The summed E-state index contributed by atoms with van der Waals surface area (Å²) in [6, 6.07) is 10.3. The van der Waals surface area contributed by atoms with E-state index in [4.69, 9.17) is 4.74 Å². The SMILES string of the molecule is COCCN1C(=O)[C@@H](NC(=O)C(C)NC(=O)Cc2cc(F)cc(F)c2)CC=C[C@H]1c1ccccc1. The molecule has 186 valence electrons. The summed E-state index contributed by atoms with van der Waals surface area (Å²) in [4.78, 5) is 40.1. The predicted molar refractivity (Wildman–Crippen MR) is 126 cm³/mol. The molecule has 0 bridgehead atoms. The maximum Gasteiger partial charge on any atom is 0.246 e. The average Bonchev–Trinajstić information content (AvgIpc) is 2.96. The molecule has 3 amide bonds. The van der Waals surface area contributed by atoms with Crippen LogP contribution in [0.15, 0.2) is 60.7 Å². The normalized spacial score (nSPS) is 18.6. The van der Waals surface area contributed by atoms with Crippen LogP contribution in [0, 0.1) is 11.6 Å². The molecule has 35 heavy (non-hydrogen) atoms. The molecule has 0 fully saturated rings. The lowest BCUT2D eigenvalue weighted by Crippen LogP contribution is -2.53. The first kappa shape index (κ1) is 26.0. The highest BCUT2D eigenvalue weighted by Crippen LogP contribution is 2.26. The number of carbonyl (C=O) groups is 3. The number of carbonyl (C=O) groups excluding carboxylic acids is 3. The van der Waals surface area contributed by atoms with Crippen LogP contribution >= 0.6 is 0 Å². The fourth-order valence-corrected chi connectivity index (χ4v) is 3.94. The summed E-state index contributed by atoms with van der Waals surface area (Å²) >= 11 is 0. The molecule has 0 saturated heterocycles. The van der Waals surface area contributed by atoms with E-state index in [0.29, 0.717) is 25.6 Å². The fourth-order valence-electron chi connectivity index (χ4n) is 3.94. The van der Waals surface area contributed by atoms with E-state index in [1.54, 1.807) is 12.0 Å². The number of benzene rings is 2. The van der Waals surface area contributed by atoms with Crippen LogP contribution in [0.4, 0.5) is 8.78 Å². The third-order valence-electron chi connectivity index (χ3n) is 5.66. The van der Waals surface area contributed by atoms with Crippen molar-refractivity contribution >= 4 is 17.7 Å². The van der Waals surface area contributed by atoms with E-state index in [1.807, 2.05) is 42.5 Å². The molecule has 0 radical (unpaired) electrons. The van der Waals surface area contributed by atoms with Crippen molar-refractivity contribution in [1.82, 2.24) is 15.5 Å². The highest BCUT2D eigenvalue weighted by Gasteiger charge is 2.33. The lowest BCUT2D eigenvalue weighted by molar-refractivity contribution is -0.138. The van der Waals surface area contributed by atoms with Crippen LogP contribution in [-0.2, 0) is 25.5 Å². The van der Waals surface area contributed by atoms with Crippen LogP contribution in [0.25, 0.3) is 0 Å². The Labute approximate surface area is 203 Å². The number of ether oxygens (including phenoxy) is 1. The summed E-state index contributed by atoms with van der Waals surface area (Å²) in [5.74, 6) is -2.95. The van der Waals surface area contributed by atoms with E-state index in [0.717, 1.165) is 17.7 Å². The highest BCUT2D eigenvalue weighted by atomic mass is 19.1. The molecule has 9 heteroatoms. The number of rotatable bonds is 9. The maximum atomic E-state index is 13.4. The highest BCUT2D eigenvalue weighted by molar-refractivity contribution is 5.92. The number of hydrogen-bond acceptors (Lipinski definition) is 4. The summed E-state index contributed by atoms with van der Waals surface area (Å²) in [6.07, 6.45) is 3.79. The van der Waals surface area contributed by atoms with Crippen LogP contribution in [0.2, 0.25) is 0 Å². The summed E-state index contributed by atoms with van der Waals surface area (Å²) in [7, 11) is 1.55. The Balaban J connectivity index is 1.64. The van der Waals surface area contributed by atoms with Crippen molar-refractivity contribution in [2.24, 2.45) is 0 Å². The van der Waals surface area contributed by atoms with Gasteiger partial charge in [0.15, 0.2) is 0 Å². The summed E-state index contributed by atoms with van der Waals surface area (Å²) < 4.78 is 31.9. The van der Waals surface area contributed by atoms with Gasteiger partial charge in [-0.2, -0.15) is 0 Å². The van der Waals surface area contributed by atoms with Crippen LogP contribution in [0.1, 0.15) is 30.5 Å². The molecule has 3 rings (SSSR count). The topological polar surface area (TPSA) is 87.7 Å². The van der Waals surface area contributed by atoms with E-state index >= 15 is 0 Å². The van der Waals surface area contributed by atoms with Crippen molar-refractivity contribution in [3.05, 3.63) is 83.4 Å². The lowest BCUT2D eigenvalue weighted by Gasteiger charge is -2.31. The van der Waals surface area contributed by atoms with Gasteiger partial charge in [0.1, 0.15) is 23.7 Å². The fraction of sp³-hybridized carbons (Fsp3) is 0.346. The van der Waals surface area contributed by atoms with Gasteiger partial charge in [-0.3, -0.25) is 14.4 Å². The minimum absolute atomic E-state index is 0.150. The number of methoxy groups -OCH3 is 1. The second-order valence-corrected chi connectivity index (χ2v) is 8.35. The van der Waals surface area contributed by atoms with Crippen molar-refractivity contribution < 1.29 is 27.9 Å². The Morgan fingerprint density at radius 2 is 1.83 bits per heavy atom. The number of nitrogens with zero attached hydrogens (tertiary/aromatic N) is 1. The zero-order valence-electron chi connectivity index (χ0n) is 19.7. The molecule has 1 aliphatic rings. The second-order valence-electron chi connectivity index (χ2n) is 8.35. The third kappa shape index (κ3) is 7.19. The molecule has 3 atom stereocenters. The van der Waals surface area contributed by atoms with Gasteiger partial charge in [0.25, 0.3) is 0 Å². The van der Waals surface area contributed by atoms with E-state index < -0.39 is 35.5 Å². The summed E-state index contributed by atoms with van der Waals surface area (Å²) in [6.45, 7) is 2.14. The maximum absolute atomic E-state index is 13.4. The number of hydrogen-bond donors (Lipinski definition) is 2. The first-order valence-electron chi connectivity index (χ1n) is 11.3. The van der Waals surface area contributed by atoms with E-state index in [2.05, 4.69) is 10.6 Å². The molecule has 1 heterocycles. The lowest BCUT2D eigenvalue weighted by atomic mass is 10.1. The van der Waals surface area contributed by atoms with Crippen LogP contribution in [0.3, 0.4) is 0 Å². The number of amides is 3. The molecule has 0 aliphatic carbocycles. The van der Waals surface area contributed by atoms with Crippen LogP contribution in [-0.4, -0.2) is 55.0 Å². The van der Waals surface area contributed by atoms with Gasteiger partial charge in [0.2, 0.25) is 17.7 Å². The zero-order chi connectivity index (χ0) is 25.4. The minimum atomic E-state index is -0.960. The van der Waals surface area contributed by atoms with Gasteiger partial charge >= 0.3 is 0 Å². The largest absolute Gasteiger partial charge is 0.383 e. The van der Waals surface area contributed by atoms with E-state index in [1.165, 1.54) is 6.92 Å². The van der Waals surface area contributed by atoms with Gasteiger partial charge in [-0.1, -0.05) is 42.5 Å². The van der Waals surface area contributed by atoms with Gasteiger partial charge in [0, 0.05) is 19.7 Å². The standard InChI is InChI=1S/C26H29F2N3O4/c1-17(29-24(32)15-18-13-20(27)16-21(28)14-18)25(33)30-22-9-6-10-23(19-7-4-3-5-8-19)31(26(22)34)11-12-35-2/h3-8,10,13-14,16-17,22-23H,9,11-12,15H2,1-2H3,(H,29,32)(H,30,33)/t17?,22-,23-/m0/s1. The Morgan fingerprint density at radius 1 is 1.14 bits per heavy atom. The van der Waals surface area contributed by atoms with E-state index in [9.17, 15) is 23.2 Å². The Kier molecular flexibility index (Phi) is 9.08. The molecule has 1 aliphatic heterocycles. The Morgan fingerprint density at radius 3 is 2.49 bits per heavy atom. The van der Waals surface area contributed by atoms with Crippen molar-refractivity contribution in [2.75, 3.05) is 20.3 Å². The molecule has 0 spiro atoms. The van der Waals surface area contributed by atoms with Crippen molar-refractivity contribution in [3.8, 4) is 0 Å². The summed E-state index contributed by atoms with van der Waals surface area (Å²) in [5.41, 5.74) is 1.09. The van der Waals surface area contributed by atoms with Gasteiger partial charge in [-0.25, -0.2) is 8.78 Å². The number of nitrogens with one attached hydrogen (secondary N) is 2. The molecular weight excluding hydrogens is 456 g/mol. The van der Waals surface area contributed by atoms with Gasteiger partial charge < -0.3 is 20.3 Å². The first-order valence-corrected chi connectivity index (χ1v) is 11.3. The van der Waals surface area contributed by atoms with Crippen LogP contribution in [0.5, 0.6) is 0 Å². The van der Waals surface area contributed by atoms with E-state index in [-0.39, 0.29) is 23.9 Å². The van der Waals surface area contributed by atoms with Crippen LogP contribution < -0.4 is 10.6 Å².